The molecule has 146 valence electrons. The highest BCUT2D eigenvalue weighted by Crippen LogP contribution is 2.22. The number of imide groups is 1. The highest BCUT2D eigenvalue weighted by molar-refractivity contribution is 6.21. The number of amides is 2. The first kappa shape index (κ1) is 19.4. The molecule has 1 fully saturated rings. The fourth-order valence-electron chi connectivity index (χ4n) is 3.66. The molecule has 1 aromatic rings. The Labute approximate surface area is 161 Å². The Kier molecular flexibility index (Phi) is 6.48. The van der Waals surface area contributed by atoms with Gasteiger partial charge in [-0.05, 0) is 50.7 Å². The minimum absolute atomic E-state index is 0.171. The van der Waals surface area contributed by atoms with Gasteiger partial charge in [-0.25, -0.2) is 0 Å². The van der Waals surface area contributed by atoms with E-state index in [-0.39, 0.29) is 11.8 Å². The van der Waals surface area contributed by atoms with Crippen molar-refractivity contribution in [2.24, 2.45) is 10.9 Å². The van der Waals surface area contributed by atoms with Crippen molar-refractivity contribution in [1.82, 2.24) is 15.1 Å². The molecule has 0 atom stereocenters. The molecule has 0 aromatic heterocycles. The molecular weight excluding hydrogens is 340 g/mol. The summed E-state index contributed by atoms with van der Waals surface area (Å²) in [6, 6.07) is 7.04. The highest BCUT2D eigenvalue weighted by atomic mass is 16.2. The maximum absolute atomic E-state index is 12.4. The molecule has 2 amide bonds. The Morgan fingerprint density at radius 2 is 1.74 bits per heavy atom. The monoisotopic (exact) mass is 370 g/mol. The van der Waals surface area contributed by atoms with Crippen LogP contribution < -0.4 is 5.32 Å². The fourth-order valence-corrected chi connectivity index (χ4v) is 3.66. The molecular formula is C21H30N4O2. The molecule has 3 rings (SSSR count). The van der Waals surface area contributed by atoms with E-state index in [9.17, 15) is 9.59 Å². The lowest BCUT2D eigenvalue weighted by atomic mass is 10.00. The average Bonchev–Trinajstić information content (AvgIpc) is 2.92. The molecule has 0 aliphatic carbocycles. The zero-order chi connectivity index (χ0) is 19.2. The molecule has 0 saturated carbocycles. The van der Waals surface area contributed by atoms with Gasteiger partial charge in [0.1, 0.15) is 0 Å². The van der Waals surface area contributed by atoms with Crippen molar-refractivity contribution in [1.29, 1.82) is 0 Å². The average molecular weight is 370 g/mol. The Bertz CT molecular complexity index is 673. The lowest BCUT2D eigenvalue weighted by Gasteiger charge is -2.33. The van der Waals surface area contributed by atoms with Gasteiger partial charge >= 0.3 is 0 Å². The van der Waals surface area contributed by atoms with Crippen molar-refractivity contribution in [3.05, 3.63) is 35.4 Å². The number of hydrogen-bond donors (Lipinski definition) is 1. The number of fused-ring (bicyclic) bond motifs is 1. The normalized spacial score (nSPS) is 18.2. The van der Waals surface area contributed by atoms with Crippen molar-refractivity contribution >= 4 is 17.8 Å². The van der Waals surface area contributed by atoms with Gasteiger partial charge in [-0.15, -0.1) is 0 Å². The van der Waals surface area contributed by atoms with Crippen LogP contribution in [0, 0.1) is 5.92 Å². The van der Waals surface area contributed by atoms with E-state index in [1.165, 1.54) is 17.7 Å². The van der Waals surface area contributed by atoms with Gasteiger partial charge < -0.3 is 10.2 Å². The van der Waals surface area contributed by atoms with Gasteiger partial charge in [0.2, 0.25) is 0 Å². The number of nitrogens with zero attached hydrogens (tertiary/aromatic N) is 3. The SMILES string of the molecule is CCNC(=NCCCCN1C(=O)c2ccccc2C1=O)N1CCC(C)CC1. The maximum Gasteiger partial charge on any atom is 0.261 e. The number of piperidine rings is 1. The van der Waals surface area contributed by atoms with Gasteiger partial charge in [0.05, 0.1) is 11.1 Å². The molecule has 0 unspecified atom stereocenters. The predicted octanol–water partition coefficient (Wildman–Crippen LogP) is 2.76. The van der Waals surface area contributed by atoms with E-state index in [1.54, 1.807) is 24.3 Å². The number of rotatable bonds is 6. The Morgan fingerprint density at radius 3 is 2.33 bits per heavy atom. The summed E-state index contributed by atoms with van der Waals surface area (Å²) in [5, 5.41) is 3.38. The number of aliphatic imine (C=N–C) groups is 1. The molecule has 0 spiro atoms. The second-order valence-electron chi connectivity index (χ2n) is 7.42. The molecule has 0 bridgehead atoms. The molecule has 2 heterocycles. The van der Waals surface area contributed by atoms with Crippen LogP contribution in [-0.4, -0.2) is 60.3 Å². The van der Waals surface area contributed by atoms with E-state index in [2.05, 4.69) is 24.1 Å². The maximum atomic E-state index is 12.4. The van der Waals surface area contributed by atoms with Crippen molar-refractivity contribution in [3.63, 3.8) is 0 Å². The predicted molar refractivity (Wildman–Crippen MR) is 107 cm³/mol. The van der Waals surface area contributed by atoms with Crippen LogP contribution in [0.1, 0.15) is 60.2 Å². The summed E-state index contributed by atoms with van der Waals surface area (Å²) in [6.45, 7) is 8.53. The van der Waals surface area contributed by atoms with Crippen molar-refractivity contribution in [2.45, 2.75) is 39.5 Å². The number of likely N-dealkylation sites (tertiary alicyclic amines) is 1. The summed E-state index contributed by atoms with van der Waals surface area (Å²) in [4.78, 5) is 33.2. The van der Waals surface area contributed by atoms with Gasteiger partial charge in [-0.1, -0.05) is 19.1 Å². The Hall–Kier alpha value is -2.37. The van der Waals surface area contributed by atoms with Gasteiger partial charge in [-0.2, -0.15) is 0 Å². The molecule has 27 heavy (non-hydrogen) atoms. The topological polar surface area (TPSA) is 65.0 Å². The molecule has 1 N–H and O–H groups in total. The molecule has 6 heteroatoms. The number of nitrogens with one attached hydrogen (secondary N) is 1. The molecule has 6 nitrogen and oxygen atoms in total. The van der Waals surface area contributed by atoms with Crippen LogP contribution >= 0.6 is 0 Å². The molecule has 1 saturated heterocycles. The summed E-state index contributed by atoms with van der Waals surface area (Å²) >= 11 is 0. The van der Waals surface area contributed by atoms with Gasteiger partial charge in [0.15, 0.2) is 5.96 Å². The number of unbranched alkanes of at least 4 members (excludes halogenated alkanes) is 1. The van der Waals surface area contributed by atoms with E-state index < -0.39 is 0 Å². The Balaban J connectivity index is 1.47. The van der Waals surface area contributed by atoms with Crippen LogP contribution in [0.15, 0.2) is 29.3 Å². The van der Waals surface area contributed by atoms with Crippen LogP contribution in [-0.2, 0) is 0 Å². The fraction of sp³-hybridized carbons (Fsp3) is 0.571. The third-order valence-electron chi connectivity index (χ3n) is 5.35. The summed E-state index contributed by atoms with van der Waals surface area (Å²) in [5.41, 5.74) is 1.04. The first-order valence-electron chi connectivity index (χ1n) is 10.1. The number of carbonyl (C=O) groups is 2. The molecule has 0 radical (unpaired) electrons. The van der Waals surface area contributed by atoms with Crippen LogP contribution in [0.5, 0.6) is 0 Å². The Morgan fingerprint density at radius 1 is 1.11 bits per heavy atom. The number of benzene rings is 1. The number of carbonyl (C=O) groups excluding carboxylic acids is 2. The summed E-state index contributed by atoms with van der Waals surface area (Å²) < 4.78 is 0. The number of hydrogen-bond acceptors (Lipinski definition) is 3. The van der Waals surface area contributed by atoms with Crippen molar-refractivity contribution < 1.29 is 9.59 Å². The van der Waals surface area contributed by atoms with E-state index >= 15 is 0 Å². The molecule has 2 aliphatic rings. The van der Waals surface area contributed by atoms with Crippen molar-refractivity contribution in [3.8, 4) is 0 Å². The first-order chi connectivity index (χ1) is 13.1. The third kappa shape index (κ3) is 4.49. The number of guanidine groups is 1. The van der Waals surface area contributed by atoms with E-state index in [1.807, 2.05) is 0 Å². The summed E-state index contributed by atoms with van der Waals surface area (Å²) in [5.74, 6) is 1.44. The lowest BCUT2D eigenvalue weighted by Crippen LogP contribution is -2.45. The second-order valence-corrected chi connectivity index (χ2v) is 7.42. The first-order valence-corrected chi connectivity index (χ1v) is 10.1. The quantitative estimate of drug-likeness (QED) is 0.362. The zero-order valence-electron chi connectivity index (χ0n) is 16.4. The molecule has 2 aliphatic heterocycles. The molecule has 1 aromatic carbocycles. The van der Waals surface area contributed by atoms with Gasteiger partial charge in [0, 0.05) is 32.7 Å². The van der Waals surface area contributed by atoms with Crippen LogP contribution in [0.3, 0.4) is 0 Å². The summed E-state index contributed by atoms with van der Waals surface area (Å²) in [7, 11) is 0. The minimum Gasteiger partial charge on any atom is -0.357 e. The van der Waals surface area contributed by atoms with E-state index in [0.29, 0.717) is 24.2 Å². The zero-order valence-corrected chi connectivity index (χ0v) is 16.4. The minimum atomic E-state index is -0.171. The smallest absolute Gasteiger partial charge is 0.261 e. The third-order valence-corrected chi connectivity index (χ3v) is 5.35. The van der Waals surface area contributed by atoms with Gasteiger partial charge in [0.25, 0.3) is 11.8 Å². The van der Waals surface area contributed by atoms with Crippen LogP contribution in [0.2, 0.25) is 0 Å². The van der Waals surface area contributed by atoms with E-state index in [0.717, 1.165) is 44.4 Å². The van der Waals surface area contributed by atoms with E-state index in [4.69, 9.17) is 4.99 Å². The lowest BCUT2D eigenvalue weighted by molar-refractivity contribution is 0.0652. The van der Waals surface area contributed by atoms with Crippen LogP contribution in [0.25, 0.3) is 0 Å². The van der Waals surface area contributed by atoms with Gasteiger partial charge in [-0.3, -0.25) is 19.5 Å². The standard InChI is InChI=1S/C21H30N4O2/c1-3-22-21(24-14-10-16(2)11-15-24)23-12-6-7-13-25-19(26)17-8-4-5-9-18(17)20(25)27/h4-5,8-9,16H,3,6-7,10-15H2,1-2H3,(H,22,23). The largest absolute Gasteiger partial charge is 0.357 e. The summed E-state index contributed by atoms with van der Waals surface area (Å²) in [6.07, 6.45) is 4.05. The second kappa shape index (κ2) is 9.02. The van der Waals surface area contributed by atoms with Crippen molar-refractivity contribution in [2.75, 3.05) is 32.7 Å². The highest BCUT2D eigenvalue weighted by Gasteiger charge is 2.34. The van der Waals surface area contributed by atoms with Crippen LogP contribution in [0.4, 0.5) is 0 Å².